The van der Waals surface area contributed by atoms with E-state index < -0.39 is 35.4 Å². The highest BCUT2D eigenvalue weighted by molar-refractivity contribution is 6.03. The Balaban J connectivity index is 0.000000968. The number of carbonyl (C=O) groups excluding carboxylic acids is 1. The van der Waals surface area contributed by atoms with Crippen molar-refractivity contribution < 1.29 is 32.6 Å². The number of ether oxygens (including phenoxy) is 1. The molecule has 1 aliphatic heterocycles. The summed E-state index contributed by atoms with van der Waals surface area (Å²) in [4.78, 5) is 28.9. The van der Waals surface area contributed by atoms with Crippen molar-refractivity contribution >= 4 is 23.9 Å². The molecular weight excluding hydrogens is 441 g/mol. The van der Waals surface area contributed by atoms with Gasteiger partial charge >= 0.3 is 0 Å². The number of amidine groups is 1. The van der Waals surface area contributed by atoms with Crippen LogP contribution in [0.2, 0.25) is 0 Å². The van der Waals surface area contributed by atoms with Crippen LogP contribution in [-0.4, -0.2) is 47.4 Å². The molecule has 0 spiro atoms. The Morgan fingerprint density at radius 2 is 2.00 bits per heavy atom. The molecule has 11 heteroatoms. The summed E-state index contributed by atoms with van der Waals surface area (Å²) in [6, 6.07) is 7.24. The molecule has 1 fully saturated rings. The Morgan fingerprint density at radius 1 is 1.30 bits per heavy atom. The van der Waals surface area contributed by atoms with Crippen LogP contribution >= 0.6 is 0 Å². The summed E-state index contributed by atoms with van der Waals surface area (Å²) in [5.74, 6) is -4.85. The van der Waals surface area contributed by atoms with Crippen molar-refractivity contribution in [1.29, 1.82) is 0 Å². The van der Waals surface area contributed by atoms with E-state index in [1.54, 1.807) is 12.3 Å². The van der Waals surface area contributed by atoms with Crippen molar-refractivity contribution in [3.05, 3.63) is 59.2 Å². The van der Waals surface area contributed by atoms with E-state index in [2.05, 4.69) is 15.3 Å². The van der Waals surface area contributed by atoms with Crippen molar-refractivity contribution in [2.45, 2.75) is 37.1 Å². The number of nitrogens with zero attached hydrogens (tertiary/aromatic N) is 2. The normalized spacial score (nSPS) is 21.6. The second-order valence-electron chi connectivity index (χ2n) is 7.85. The maximum absolute atomic E-state index is 15.2. The number of anilines is 1. The molecule has 4 N–H and O–H groups in total. The summed E-state index contributed by atoms with van der Waals surface area (Å²) in [7, 11) is 0. The zero-order chi connectivity index (χ0) is 24.2. The van der Waals surface area contributed by atoms with E-state index in [9.17, 15) is 13.6 Å². The summed E-state index contributed by atoms with van der Waals surface area (Å²) in [6.45, 7) is -0.385. The van der Waals surface area contributed by atoms with Crippen LogP contribution in [-0.2, 0) is 15.1 Å². The van der Waals surface area contributed by atoms with E-state index in [0.29, 0.717) is 5.92 Å². The van der Waals surface area contributed by atoms with Gasteiger partial charge in [-0.15, -0.1) is 0 Å². The van der Waals surface area contributed by atoms with Crippen molar-refractivity contribution in [2.24, 2.45) is 10.7 Å². The SMILES string of the molecule is C[C@]1(c2cccc(NC(=O)c3ccc(C4CC4)cn3)c2F)N=C(N)COCC1(F)F.O=CO. The molecule has 0 saturated heterocycles. The van der Waals surface area contributed by atoms with Gasteiger partial charge in [-0.1, -0.05) is 18.2 Å². The van der Waals surface area contributed by atoms with Gasteiger partial charge in [-0.3, -0.25) is 19.6 Å². The second kappa shape index (κ2) is 9.57. The van der Waals surface area contributed by atoms with Crippen molar-refractivity contribution in [3.8, 4) is 0 Å². The number of pyridine rings is 1. The molecule has 0 radical (unpaired) electrons. The quantitative estimate of drug-likeness (QED) is 0.596. The first kappa shape index (κ1) is 24.2. The minimum Gasteiger partial charge on any atom is -0.483 e. The zero-order valence-corrected chi connectivity index (χ0v) is 17.7. The fraction of sp³-hybridized carbons (Fsp3) is 0.364. The molecule has 1 amide bonds. The Labute approximate surface area is 187 Å². The first-order valence-electron chi connectivity index (χ1n) is 10.1. The van der Waals surface area contributed by atoms with E-state index in [4.69, 9.17) is 20.4 Å². The number of aliphatic imine (C=N–C) groups is 1. The number of rotatable bonds is 4. The van der Waals surface area contributed by atoms with Gasteiger partial charge < -0.3 is 20.9 Å². The Kier molecular flexibility index (Phi) is 7.01. The maximum Gasteiger partial charge on any atom is 0.299 e. The fourth-order valence-electron chi connectivity index (χ4n) is 3.47. The summed E-state index contributed by atoms with van der Waals surface area (Å²) in [6.07, 6.45) is 3.84. The number of benzene rings is 1. The number of amides is 1. The molecule has 2 aliphatic rings. The molecule has 2 heterocycles. The van der Waals surface area contributed by atoms with Gasteiger partial charge in [-0.05, 0) is 43.4 Å². The second-order valence-corrected chi connectivity index (χ2v) is 7.85. The number of carboxylic acid groups (broad SMARTS) is 1. The average molecular weight is 464 g/mol. The minimum atomic E-state index is -3.52. The minimum absolute atomic E-state index is 0.103. The smallest absolute Gasteiger partial charge is 0.299 e. The highest BCUT2D eigenvalue weighted by Crippen LogP contribution is 2.44. The standard InChI is InChI=1S/C21H21F3N4O2.CH2O2/c1-20(21(23,24)11-30-10-17(25)28-20)14-3-2-4-15(18(14)22)27-19(29)16-8-7-13(9-26-16)12-5-6-12;2-1-3/h2-4,7-9,12H,5-6,10-11H2,1H3,(H2,25,28)(H,27,29);1H,(H,2,3)/t20-;/m1./s1. The van der Waals surface area contributed by atoms with Crippen molar-refractivity contribution in [2.75, 3.05) is 18.5 Å². The van der Waals surface area contributed by atoms with Crippen LogP contribution in [0.5, 0.6) is 0 Å². The molecule has 4 rings (SSSR count). The highest BCUT2D eigenvalue weighted by atomic mass is 19.3. The number of halogens is 3. The molecule has 33 heavy (non-hydrogen) atoms. The third kappa shape index (κ3) is 5.14. The summed E-state index contributed by atoms with van der Waals surface area (Å²) >= 11 is 0. The van der Waals surface area contributed by atoms with Gasteiger partial charge in [0.1, 0.15) is 24.7 Å². The zero-order valence-electron chi connectivity index (χ0n) is 17.7. The lowest BCUT2D eigenvalue weighted by atomic mass is 9.85. The van der Waals surface area contributed by atoms with Crippen LogP contribution in [0.1, 0.15) is 47.3 Å². The Bertz CT molecular complexity index is 1060. The van der Waals surface area contributed by atoms with E-state index in [1.165, 1.54) is 18.2 Å². The lowest BCUT2D eigenvalue weighted by Gasteiger charge is -2.33. The molecule has 1 saturated carbocycles. The Morgan fingerprint density at radius 3 is 2.61 bits per heavy atom. The molecule has 1 aromatic carbocycles. The van der Waals surface area contributed by atoms with Crippen LogP contribution in [0, 0.1) is 5.82 Å². The largest absolute Gasteiger partial charge is 0.483 e. The van der Waals surface area contributed by atoms with Gasteiger partial charge in [0.2, 0.25) is 0 Å². The molecule has 1 atom stereocenters. The van der Waals surface area contributed by atoms with Crippen LogP contribution in [0.25, 0.3) is 0 Å². The van der Waals surface area contributed by atoms with Gasteiger partial charge in [0.25, 0.3) is 18.3 Å². The molecule has 2 aromatic rings. The lowest BCUT2D eigenvalue weighted by Crippen LogP contribution is -2.45. The highest BCUT2D eigenvalue weighted by Gasteiger charge is 2.54. The van der Waals surface area contributed by atoms with Crippen molar-refractivity contribution in [3.63, 3.8) is 0 Å². The Hall–Kier alpha value is -3.47. The van der Waals surface area contributed by atoms with E-state index in [0.717, 1.165) is 25.3 Å². The third-order valence-corrected chi connectivity index (χ3v) is 5.45. The van der Waals surface area contributed by atoms with Gasteiger partial charge in [-0.2, -0.15) is 0 Å². The first-order valence-corrected chi connectivity index (χ1v) is 10.1. The summed E-state index contributed by atoms with van der Waals surface area (Å²) < 4.78 is 49.6. The first-order chi connectivity index (χ1) is 15.6. The maximum atomic E-state index is 15.2. The molecule has 1 aliphatic carbocycles. The van der Waals surface area contributed by atoms with E-state index in [-0.39, 0.29) is 30.3 Å². The van der Waals surface area contributed by atoms with Crippen LogP contribution in [0.4, 0.5) is 18.9 Å². The number of carbonyl (C=O) groups is 2. The van der Waals surface area contributed by atoms with Gasteiger partial charge in [0, 0.05) is 11.8 Å². The topological polar surface area (TPSA) is 127 Å². The summed E-state index contributed by atoms with van der Waals surface area (Å²) in [5.41, 5.74) is 3.87. The van der Waals surface area contributed by atoms with Crippen molar-refractivity contribution in [1.82, 2.24) is 4.98 Å². The predicted molar refractivity (Wildman–Crippen MR) is 114 cm³/mol. The lowest BCUT2D eigenvalue weighted by molar-refractivity contribution is -0.122. The van der Waals surface area contributed by atoms with E-state index >= 15 is 4.39 Å². The average Bonchev–Trinajstić information content (AvgIpc) is 3.61. The van der Waals surface area contributed by atoms with Gasteiger partial charge in [-0.25, -0.2) is 13.2 Å². The number of hydrogen-bond acceptors (Lipinski definition) is 6. The monoisotopic (exact) mass is 464 g/mol. The number of nitrogens with one attached hydrogen (secondary N) is 1. The van der Waals surface area contributed by atoms with Crippen LogP contribution < -0.4 is 11.1 Å². The third-order valence-electron chi connectivity index (χ3n) is 5.45. The predicted octanol–water partition coefficient (Wildman–Crippen LogP) is 3.29. The molecular formula is C22H23F3N4O4. The fourth-order valence-corrected chi connectivity index (χ4v) is 3.47. The number of hydrogen-bond donors (Lipinski definition) is 3. The molecule has 176 valence electrons. The summed E-state index contributed by atoms with van der Waals surface area (Å²) in [5, 5.41) is 9.30. The molecule has 0 unspecified atom stereocenters. The number of aromatic nitrogens is 1. The van der Waals surface area contributed by atoms with E-state index in [1.807, 2.05) is 6.07 Å². The number of alkyl halides is 2. The number of nitrogens with two attached hydrogens (primary N) is 1. The molecule has 1 aromatic heterocycles. The van der Waals surface area contributed by atoms with Crippen LogP contribution in [0.15, 0.2) is 41.5 Å². The van der Waals surface area contributed by atoms with Gasteiger partial charge in [0.05, 0.1) is 5.69 Å². The molecule has 0 bridgehead atoms. The molecule has 8 nitrogen and oxygen atoms in total. The van der Waals surface area contributed by atoms with Crippen LogP contribution in [0.3, 0.4) is 0 Å². The van der Waals surface area contributed by atoms with Gasteiger partial charge in [0.15, 0.2) is 11.4 Å².